The van der Waals surface area contributed by atoms with Crippen LogP contribution in [0.25, 0.3) is 11.3 Å². The molecular weight excluding hydrogens is 214 g/mol. The molecule has 0 fully saturated rings. The lowest BCUT2D eigenvalue weighted by Crippen LogP contribution is -1.94. The minimum Gasteiger partial charge on any atom is -0.496 e. The molecule has 0 aliphatic rings. The van der Waals surface area contributed by atoms with E-state index in [2.05, 4.69) is 23.2 Å². The van der Waals surface area contributed by atoms with Gasteiger partial charge in [0.15, 0.2) is 0 Å². The highest BCUT2D eigenvalue weighted by atomic mass is 16.5. The van der Waals surface area contributed by atoms with E-state index in [-0.39, 0.29) is 0 Å². The number of aromatic nitrogens is 2. The van der Waals surface area contributed by atoms with Gasteiger partial charge in [-0.25, -0.2) is 0 Å². The summed E-state index contributed by atoms with van der Waals surface area (Å²) in [6, 6.07) is 4.13. The molecule has 1 aromatic heterocycles. The van der Waals surface area contributed by atoms with Crippen LogP contribution in [0.15, 0.2) is 12.1 Å². The first-order chi connectivity index (χ1) is 8.04. The van der Waals surface area contributed by atoms with Crippen molar-refractivity contribution in [3.05, 3.63) is 28.8 Å². The second kappa shape index (κ2) is 4.13. The number of rotatable bonds is 2. The van der Waals surface area contributed by atoms with E-state index < -0.39 is 0 Å². The highest BCUT2D eigenvalue weighted by Gasteiger charge is 2.15. The van der Waals surface area contributed by atoms with Gasteiger partial charge in [0.25, 0.3) is 0 Å². The Morgan fingerprint density at radius 3 is 2.47 bits per heavy atom. The first-order valence-electron chi connectivity index (χ1n) is 5.50. The summed E-state index contributed by atoms with van der Waals surface area (Å²) in [6.45, 7) is 6.06. The lowest BCUT2D eigenvalue weighted by Gasteiger charge is -2.12. The highest BCUT2D eigenvalue weighted by Crippen LogP contribution is 2.35. The van der Waals surface area contributed by atoms with E-state index in [0.717, 1.165) is 28.1 Å². The molecule has 90 valence electrons. The number of hydrogen-bond acceptors (Lipinski definition) is 3. The minimum atomic E-state index is 0.530. The summed E-state index contributed by atoms with van der Waals surface area (Å²) in [6.07, 6.45) is 0. The van der Waals surface area contributed by atoms with Crippen molar-refractivity contribution >= 4 is 5.82 Å². The lowest BCUT2D eigenvalue weighted by molar-refractivity contribution is 0.415. The monoisotopic (exact) mass is 231 g/mol. The summed E-state index contributed by atoms with van der Waals surface area (Å²) in [4.78, 5) is 0. The third-order valence-electron chi connectivity index (χ3n) is 2.96. The predicted molar refractivity (Wildman–Crippen MR) is 69.2 cm³/mol. The van der Waals surface area contributed by atoms with Crippen molar-refractivity contribution in [3.8, 4) is 17.0 Å². The maximum absolute atomic E-state index is 5.77. The Bertz CT molecular complexity index is 558. The molecule has 0 unspecified atom stereocenters. The molecule has 4 nitrogen and oxygen atoms in total. The summed E-state index contributed by atoms with van der Waals surface area (Å²) in [5.41, 5.74) is 11.0. The number of benzene rings is 1. The molecule has 0 bridgehead atoms. The third-order valence-corrected chi connectivity index (χ3v) is 2.96. The van der Waals surface area contributed by atoms with Gasteiger partial charge in [0.2, 0.25) is 0 Å². The highest BCUT2D eigenvalue weighted by molar-refractivity contribution is 5.76. The van der Waals surface area contributed by atoms with Crippen LogP contribution in [-0.4, -0.2) is 17.3 Å². The van der Waals surface area contributed by atoms with Gasteiger partial charge in [0.05, 0.1) is 12.8 Å². The van der Waals surface area contributed by atoms with Gasteiger partial charge in [-0.1, -0.05) is 6.07 Å². The van der Waals surface area contributed by atoms with Crippen LogP contribution >= 0.6 is 0 Å². The maximum atomic E-state index is 5.77. The van der Waals surface area contributed by atoms with Gasteiger partial charge in [-0.05, 0) is 38.0 Å². The first kappa shape index (κ1) is 11.5. The predicted octanol–water partition coefficient (Wildman–Crippen LogP) is 2.59. The number of hydrogen-bond donors (Lipinski definition) is 2. The van der Waals surface area contributed by atoms with Crippen LogP contribution < -0.4 is 10.5 Å². The van der Waals surface area contributed by atoms with Crippen LogP contribution in [0.3, 0.4) is 0 Å². The number of nitrogens with zero attached hydrogens (tertiary/aromatic N) is 1. The second-order valence-corrected chi connectivity index (χ2v) is 4.27. The van der Waals surface area contributed by atoms with Gasteiger partial charge >= 0.3 is 0 Å². The number of ether oxygens (including phenoxy) is 1. The van der Waals surface area contributed by atoms with Gasteiger partial charge in [0, 0.05) is 11.1 Å². The molecule has 4 heteroatoms. The van der Waals surface area contributed by atoms with Crippen LogP contribution in [0.2, 0.25) is 0 Å². The largest absolute Gasteiger partial charge is 0.496 e. The van der Waals surface area contributed by atoms with Crippen molar-refractivity contribution in [2.75, 3.05) is 12.8 Å². The summed E-state index contributed by atoms with van der Waals surface area (Å²) in [7, 11) is 1.67. The maximum Gasteiger partial charge on any atom is 0.148 e. The zero-order valence-corrected chi connectivity index (χ0v) is 10.6. The molecule has 0 saturated heterocycles. The van der Waals surface area contributed by atoms with Gasteiger partial charge in [-0.2, -0.15) is 5.10 Å². The Hall–Kier alpha value is -1.97. The fourth-order valence-electron chi connectivity index (χ4n) is 2.07. The Morgan fingerprint density at radius 1 is 1.24 bits per heavy atom. The van der Waals surface area contributed by atoms with Crippen molar-refractivity contribution in [2.45, 2.75) is 20.8 Å². The summed E-state index contributed by atoms with van der Waals surface area (Å²) in [5.74, 6) is 1.37. The Balaban J connectivity index is 2.70. The molecule has 1 heterocycles. The zero-order valence-electron chi connectivity index (χ0n) is 10.6. The van der Waals surface area contributed by atoms with E-state index in [4.69, 9.17) is 10.5 Å². The molecule has 3 N–H and O–H groups in total. The van der Waals surface area contributed by atoms with Crippen molar-refractivity contribution in [1.29, 1.82) is 0 Å². The third kappa shape index (κ3) is 1.86. The molecule has 0 spiro atoms. The van der Waals surface area contributed by atoms with Gasteiger partial charge in [0.1, 0.15) is 11.6 Å². The molecule has 2 aromatic rings. The zero-order chi connectivity index (χ0) is 12.6. The molecule has 0 saturated carbocycles. The van der Waals surface area contributed by atoms with Crippen LogP contribution in [0, 0.1) is 20.8 Å². The number of nitrogens with one attached hydrogen (secondary N) is 1. The number of H-pyrrole nitrogens is 1. The van der Waals surface area contributed by atoms with E-state index >= 15 is 0 Å². The minimum absolute atomic E-state index is 0.530. The van der Waals surface area contributed by atoms with Crippen molar-refractivity contribution in [1.82, 2.24) is 10.2 Å². The molecule has 0 aliphatic heterocycles. The average Bonchev–Trinajstić information content (AvgIpc) is 2.59. The number of methoxy groups -OCH3 is 1. The lowest BCUT2D eigenvalue weighted by atomic mass is 9.99. The Morgan fingerprint density at radius 2 is 1.94 bits per heavy atom. The van der Waals surface area contributed by atoms with Gasteiger partial charge < -0.3 is 10.5 Å². The van der Waals surface area contributed by atoms with Crippen LogP contribution in [0.5, 0.6) is 5.75 Å². The smallest absolute Gasteiger partial charge is 0.148 e. The van der Waals surface area contributed by atoms with Gasteiger partial charge in [-0.15, -0.1) is 0 Å². The molecule has 1 aromatic carbocycles. The molecule has 0 aliphatic carbocycles. The molecule has 2 rings (SSSR count). The number of nitrogen functional groups attached to an aromatic ring is 1. The van der Waals surface area contributed by atoms with E-state index in [1.807, 2.05) is 19.9 Å². The average molecular weight is 231 g/mol. The van der Waals surface area contributed by atoms with E-state index in [1.165, 1.54) is 5.56 Å². The molecular formula is C13H17N3O. The fraction of sp³-hybridized carbons (Fsp3) is 0.308. The first-order valence-corrected chi connectivity index (χ1v) is 5.50. The normalized spacial score (nSPS) is 10.6. The van der Waals surface area contributed by atoms with E-state index in [1.54, 1.807) is 7.11 Å². The fourth-order valence-corrected chi connectivity index (χ4v) is 2.07. The second-order valence-electron chi connectivity index (χ2n) is 4.27. The molecule has 0 amide bonds. The topological polar surface area (TPSA) is 63.9 Å². The van der Waals surface area contributed by atoms with Crippen LogP contribution in [0.1, 0.15) is 16.7 Å². The van der Waals surface area contributed by atoms with Crippen LogP contribution in [0.4, 0.5) is 5.82 Å². The summed E-state index contributed by atoms with van der Waals surface area (Å²) >= 11 is 0. The number of nitrogens with two attached hydrogens (primary N) is 1. The number of aromatic amines is 1. The van der Waals surface area contributed by atoms with Crippen molar-refractivity contribution in [2.24, 2.45) is 0 Å². The standard InChI is InChI=1S/C13H17N3O/c1-7-5-8(2)11(10(6-7)17-4)12-9(3)13(14)16-15-12/h5-6H,1-4H3,(H3,14,15,16). The van der Waals surface area contributed by atoms with Gasteiger partial charge in [-0.3, -0.25) is 5.10 Å². The Kier molecular flexibility index (Phi) is 2.79. The summed E-state index contributed by atoms with van der Waals surface area (Å²) in [5, 5.41) is 7.00. The number of aryl methyl sites for hydroxylation is 2. The van der Waals surface area contributed by atoms with E-state index in [9.17, 15) is 0 Å². The molecule has 0 radical (unpaired) electrons. The van der Waals surface area contributed by atoms with Crippen LogP contribution in [-0.2, 0) is 0 Å². The van der Waals surface area contributed by atoms with E-state index in [0.29, 0.717) is 5.82 Å². The molecule has 17 heavy (non-hydrogen) atoms. The van der Waals surface area contributed by atoms with Crippen molar-refractivity contribution < 1.29 is 4.74 Å². The molecule has 0 atom stereocenters. The summed E-state index contributed by atoms with van der Waals surface area (Å²) < 4.78 is 5.44. The number of anilines is 1. The Labute approximate surface area is 101 Å². The quantitative estimate of drug-likeness (QED) is 0.835. The SMILES string of the molecule is COc1cc(C)cc(C)c1-c1[nH]nc(N)c1C. The van der Waals surface area contributed by atoms with Crippen molar-refractivity contribution in [3.63, 3.8) is 0 Å².